The first-order valence-corrected chi connectivity index (χ1v) is 3.58. The maximum absolute atomic E-state index is 10.2. The first-order chi connectivity index (χ1) is 6.29. The fourth-order valence-corrected chi connectivity index (χ4v) is 0.921. The van der Waals surface area contributed by atoms with Gasteiger partial charge >= 0.3 is 0 Å². The molecule has 0 bridgehead atoms. The van der Waals surface area contributed by atoms with E-state index < -0.39 is 0 Å². The molecule has 0 unspecified atom stereocenters. The van der Waals surface area contributed by atoms with E-state index in [2.05, 4.69) is 19.8 Å². The summed E-state index contributed by atoms with van der Waals surface area (Å²) in [5, 5.41) is 7.62. The van der Waals surface area contributed by atoms with E-state index in [1.54, 1.807) is 24.0 Å². The third kappa shape index (κ3) is 1.33. The summed E-state index contributed by atoms with van der Waals surface area (Å²) in [6.07, 6.45) is 2.26. The van der Waals surface area contributed by atoms with E-state index in [0.29, 0.717) is 17.8 Å². The molecule has 2 aromatic rings. The lowest BCUT2D eigenvalue weighted by Gasteiger charge is -1.83. The quantitative estimate of drug-likeness (QED) is 0.617. The average Bonchev–Trinajstić information content (AvgIpc) is 2.71. The van der Waals surface area contributed by atoms with Crippen molar-refractivity contribution in [3.8, 4) is 11.5 Å². The number of aromatic nitrogens is 4. The summed E-state index contributed by atoms with van der Waals surface area (Å²) < 4.78 is 6.22. The Morgan fingerprint density at radius 2 is 2.46 bits per heavy atom. The van der Waals surface area contributed by atoms with Crippen molar-refractivity contribution in [1.82, 2.24) is 19.9 Å². The SMILES string of the molecule is Cn1ccc(-c2noc(C=O)n2)n1. The van der Waals surface area contributed by atoms with Crippen molar-refractivity contribution in [2.24, 2.45) is 7.05 Å². The summed E-state index contributed by atoms with van der Waals surface area (Å²) in [4.78, 5) is 14.0. The third-order valence-electron chi connectivity index (χ3n) is 1.49. The molecule has 0 aliphatic rings. The van der Waals surface area contributed by atoms with E-state index in [1.165, 1.54) is 0 Å². The van der Waals surface area contributed by atoms with Crippen molar-refractivity contribution in [2.75, 3.05) is 0 Å². The minimum absolute atomic E-state index is 0.0411. The molecule has 0 fully saturated rings. The highest BCUT2D eigenvalue weighted by molar-refractivity contribution is 5.68. The van der Waals surface area contributed by atoms with E-state index >= 15 is 0 Å². The molecule has 0 aliphatic heterocycles. The standard InChI is InChI=1S/C7H6N4O2/c1-11-3-2-5(9-11)7-8-6(4-12)13-10-7/h2-4H,1H3. The molecule has 0 aliphatic carbocycles. The van der Waals surface area contributed by atoms with Crippen LogP contribution in [0.3, 0.4) is 0 Å². The van der Waals surface area contributed by atoms with E-state index in [4.69, 9.17) is 0 Å². The van der Waals surface area contributed by atoms with Crippen molar-refractivity contribution in [1.29, 1.82) is 0 Å². The number of hydrogen-bond donors (Lipinski definition) is 0. The Hall–Kier alpha value is -1.98. The average molecular weight is 178 g/mol. The summed E-state index contributed by atoms with van der Waals surface area (Å²) in [7, 11) is 1.78. The predicted octanol–water partition coefficient (Wildman–Crippen LogP) is 0.283. The molecule has 6 heteroatoms. The van der Waals surface area contributed by atoms with Gasteiger partial charge in [0.25, 0.3) is 5.89 Å². The molecule has 0 radical (unpaired) electrons. The van der Waals surface area contributed by atoms with Gasteiger partial charge in [0.05, 0.1) is 0 Å². The lowest BCUT2D eigenvalue weighted by molar-refractivity contribution is 0.108. The van der Waals surface area contributed by atoms with Crippen molar-refractivity contribution in [3.63, 3.8) is 0 Å². The van der Waals surface area contributed by atoms with Crippen molar-refractivity contribution < 1.29 is 9.32 Å². The summed E-state index contributed by atoms with van der Waals surface area (Å²) >= 11 is 0. The van der Waals surface area contributed by atoms with Crippen molar-refractivity contribution in [3.05, 3.63) is 18.2 Å². The first kappa shape index (κ1) is 7.66. The highest BCUT2D eigenvalue weighted by Gasteiger charge is 2.09. The molecular formula is C7H6N4O2. The molecule has 66 valence electrons. The highest BCUT2D eigenvalue weighted by atomic mass is 16.5. The lowest BCUT2D eigenvalue weighted by Crippen LogP contribution is -1.89. The number of hydrogen-bond acceptors (Lipinski definition) is 5. The van der Waals surface area contributed by atoms with Crippen LogP contribution >= 0.6 is 0 Å². The smallest absolute Gasteiger partial charge is 0.291 e. The fourth-order valence-electron chi connectivity index (χ4n) is 0.921. The molecule has 2 heterocycles. The predicted molar refractivity (Wildman–Crippen MR) is 41.9 cm³/mol. The van der Waals surface area contributed by atoms with E-state index in [0.717, 1.165) is 0 Å². The Morgan fingerprint density at radius 3 is 3.00 bits per heavy atom. The molecule has 0 atom stereocenters. The van der Waals surface area contributed by atoms with Crippen LogP contribution in [0, 0.1) is 0 Å². The molecule has 0 aromatic carbocycles. The largest absolute Gasteiger partial charge is 0.331 e. The number of carbonyl (C=O) groups is 1. The Labute approximate surface area is 73.2 Å². The van der Waals surface area contributed by atoms with Crippen molar-refractivity contribution >= 4 is 6.29 Å². The molecule has 0 amide bonds. The van der Waals surface area contributed by atoms with Crippen LogP contribution in [0.15, 0.2) is 16.8 Å². The highest BCUT2D eigenvalue weighted by Crippen LogP contribution is 2.10. The zero-order valence-electron chi connectivity index (χ0n) is 6.84. The van der Waals surface area contributed by atoms with Gasteiger partial charge in [0.1, 0.15) is 5.69 Å². The zero-order valence-corrected chi connectivity index (χ0v) is 6.84. The van der Waals surface area contributed by atoms with Gasteiger partial charge in [-0.1, -0.05) is 5.16 Å². The Bertz CT molecular complexity index is 431. The number of rotatable bonds is 2. The zero-order chi connectivity index (χ0) is 9.26. The van der Waals surface area contributed by atoms with Crippen LogP contribution in [0.5, 0.6) is 0 Å². The second-order valence-corrected chi connectivity index (χ2v) is 2.45. The van der Waals surface area contributed by atoms with E-state index in [1.807, 2.05) is 0 Å². The molecule has 2 rings (SSSR count). The van der Waals surface area contributed by atoms with Gasteiger partial charge in [0, 0.05) is 13.2 Å². The Kier molecular flexibility index (Phi) is 1.66. The van der Waals surface area contributed by atoms with Crippen LogP contribution < -0.4 is 0 Å². The van der Waals surface area contributed by atoms with Gasteiger partial charge in [-0.05, 0) is 6.07 Å². The Morgan fingerprint density at radius 1 is 1.62 bits per heavy atom. The molecule has 6 nitrogen and oxygen atoms in total. The molecule has 13 heavy (non-hydrogen) atoms. The minimum Gasteiger partial charge on any atom is -0.331 e. The van der Waals surface area contributed by atoms with Crippen LogP contribution in [-0.4, -0.2) is 26.2 Å². The molecule has 0 saturated heterocycles. The van der Waals surface area contributed by atoms with Crippen LogP contribution in [0.4, 0.5) is 0 Å². The summed E-state index contributed by atoms with van der Waals surface area (Å²) in [5.74, 6) is 0.281. The first-order valence-electron chi connectivity index (χ1n) is 3.58. The molecule has 0 N–H and O–H groups in total. The van der Waals surface area contributed by atoms with Gasteiger partial charge in [-0.15, -0.1) is 0 Å². The normalized spacial score (nSPS) is 10.2. The van der Waals surface area contributed by atoms with Crippen LogP contribution in [-0.2, 0) is 7.05 Å². The van der Waals surface area contributed by atoms with Gasteiger partial charge in [-0.3, -0.25) is 9.48 Å². The van der Waals surface area contributed by atoms with E-state index in [-0.39, 0.29) is 5.89 Å². The number of aryl methyl sites for hydroxylation is 1. The topological polar surface area (TPSA) is 73.8 Å². The van der Waals surface area contributed by atoms with Gasteiger partial charge < -0.3 is 4.52 Å². The maximum Gasteiger partial charge on any atom is 0.291 e. The maximum atomic E-state index is 10.2. The fraction of sp³-hybridized carbons (Fsp3) is 0.143. The van der Waals surface area contributed by atoms with Gasteiger partial charge in [0.2, 0.25) is 12.1 Å². The summed E-state index contributed by atoms with van der Waals surface area (Å²) in [6.45, 7) is 0. The molecular weight excluding hydrogens is 172 g/mol. The summed E-state index contributed by atoms with van der Waals surface area (Å²) in [6, 6.07) is 1.74. The molecule has 0 saturated carbocycles. The number of carbonyl (C=O) groups excluding carboxylic acids is 1. The minimum atomic E-state index is -0.0411. The van der Waals surface area contributed by atoms with Crippen molar-refractivity contribution in [2.45, 2.75) is 0 Å². The number of nitrogens with zero attached hydrogens (tertiary/aromatic N) is 4. The Balaban J connectivity index is 2.40. The van der Waals surface area contributed by atoms with Crippen LogP contribution in [0.1, 0.15) is 10.7 Å². The summed E-state index contributed by atoms with van der Waals surface area (Å²) in [5.41, 5.74) is 0.583. The van der Waals surface area contributed by atoms with Gasteiger partial charge in [0.15, 0.2) is 0 Å². The second-order valence-electron chi connectivity index (χ2n) is 2.45. The number of aldehydes is 1. The van der Waals surface area contributed by atoms with E-state index in [9.17, 15) is 4.79 Å². The third-order valence-corrected chi connectivity index (χ3v) is 1.49. The van der Waals surface area contributed by atoms with Crippen LogP contribution in [0.2, 0.25) is 0 Å². The monoisotopic (exact) mass is 178 g/mol. The molecule has 0 spiro atoms. The molecule has 2 aromatic heterocycles. The van der Waals surface area contributed by atoms with Gasteiger partial charge in [-0.25, -0.2) is 0 Å². The lowest BCUT2D eigenvalue weighted by atomic mass is 10.4. The second kappa shape index (κ2) is 2.81. The van der Waals surface area contributed by atoms with Crippen LogP contribution in [0.25, 0.3) is 11.5 Å². The van der Waals surface area contributed by atoms with Gasteiger partial charge in [-0.2, -0.15) is 10.1 Å².